The van der Waals surface area contributed by atoms with Crippen LogP contribution in [0.5, 0.6) is 11.5 Å². The number of halogens is 2. The Bertz CT molecular complexity index is 781. The molecule has 158 valence electrons. The summed E-state index contributed by atoms with van der Waals surface area (Å²) in [5, 5.41) is 3.79. The van der Waals surface area contributed by atoms with Crippen LogP contribution in [0.25, 0.3) is 0 Å². The molecule has 0 aliphatic carbocycles. The number of benzene rings is 1. The predicted octanol–water partition coefficient (Wildman–Crippen LogP) is 5.07. The monoisotopic (exact) mass is 482 g/mol. The molecule has 1 aromatic carbocycles. The molecule has 1 saturated heterocycles. The lowest BCUT2D eigenvalue weighted by molar-refractivity contribution is 0.210. The van der Waals surface area contributed by atoms with E-state index >= 15 is 0 Å². The topological polar surface area (TPSA) is 59.5 Å². The lowest BCUT2D eigenvalue weighted by atomic mass is 10.0. The first-order valence-electron chi connectivity index (χ1n) is 10.1. The van der Waals surface area contributed by atoms with Crippen molar-refractivity contribution in [2.45, 2.75) is 46.2 Å². The third-order valence-corrected chi connectivity index (χ3v) is 5.79. The highest BCUT2D eigenvalue weighted by Crippen LogP contribution is 2.36. The van der Waals surface area contributed by atoms with Crippen molar-refractivity contribution in [3.8, 4) is 11.5 Å². The van der Waals surface area contributed by atoms with Crippen molar-refractivity contribution in [2.24, 2.45) is 0 Å². The fraction of sp³-hybridized carbons (Fsp3) is 0.524. The van der Waals surface area contributed by atoms with Crippen LogP contribution in [0.15, 0.2) is 22.7 Å². The molecule has 0 amide bonds. The summed E-state index contributed by atoms with van der Waals surface area (Å²) in [5.41, 5.74) is 2.07. The Hall–Kier alpha value is -1.57. The number of ether oxygens (including phenoxy) is 2. The maximum absolute atomic E-state index is 5.97. The first-order chi connectivity index (χ1) is 14.0. The van der Waals surface area contributed by atoms with E-state index < -0.39 is 0 Å². The van der Waals surface area contributed by atoms with Gasteiger partial charge < -0.3 is 14.8 Å². The fourth-order valence-corrected chi connectivity index (χ4v) is 4.23. The second-order valence-corrected chi connectivity index (χ2v) is 8.26. The summed E-state index contributed by atoms with van der Waals surface area (Å²) in [6.45, 7) is 10.0. The molecule has 8 heteroatoms. The number of piperidine rings is 1. The van der Waals surface area contributed by atoms with E-state index in [-0.39, 0.29) is 5.28 Å². The van der Waals surface area contributed by atoms with E-state index in [4.69, 9.17) is 21.1 Å². The Morgan fingerprint density at radius 2 is 1.72 bits per heavy atom. The number of hydrogen-bond donors (Lipinski definition) is 1. The average molecular weight is 484 g/mol. The molecule has 1 fully saturated rings. The number of aromatic nitrogens is 2. The van der Waals surface area contributed by atoms with Gasteiger partial charge >= 0.3 is 0 Å². The minimum atomic E-state index is 0.287. The van der Waals surface area contributed by atoms with Crippen LogP contribution in [0.3, 0.4) is 0 Å². The highest BCUT2D eigenvalue weighted by molar-refractivity contribution is 9.10. The van der Waals surface area contributed by atoms with Crippen LogP contribution in [0.1, 0.15) is 37.9 Å². The van der Waals surface area contributed by atoms with Crippen LogP contribution in [0, 0.1) is 6.92 Å². The molecule has 1 N–H and O–H groups in total. The van der Waals surface area contributed by atoms with Crippen molar-refractivity contribution in [1.82, 2.24) is 14.9 Å². The molecule has 0 atom stereocenters. The molecule has 0 bridgehead atoms. The molecule has 0 spiro atoms. The number of nitrogens with one attached hydrogen (secondary N) is 1. The van der Waals surface area contributed by atoms with Gasteiger partial charge in [-0.15, -0.1) is 0 Å². The standard InChI is InChI=1S/C21H28BrClN4O2/c1-4-28-17-11-15(12-18(20(17)22)29-5-2)13-27-8-6-16(7-9-27)25-19-10-14(3)24-21(23)26-19/h10-12,16H,4-9,13H2,1-3H3,(H,24,25,26). The summed E-state index contributed by atoms with van der Waals surface area (Å²) in [4.78, 5) is 10.9. The quantitative estimate of drug-likeness (QED) is 0.529. The van der Waals surface area contributed by atoms with E-state index in [0.29, 0.717) is 19.3 Å². The van der Waals surface area contributed by atoms with Crippen LogP contribution in [0.4, 0.5) is 5.82 Å². The number of nitrogens with zero attached hydrogens (tertiary/aromatic N) is 3. The Labute approximate surface area is 186 Å². The zero-order chi connectivity index (χ0) is 20.8. The van der Waals surface area contributed by atoms with E-state index in [1.807, 2.05) is 26.8 Å². The zero-order valence-electron chi connectivity index (χ0n) is 17.2. The molecule has 0 saturated carbocycles. The van der Waals surface area contributed by atoms with Crippen LogP contribution in [0.2, 0.25) is 5.28 Å². The van der Waals surface area contributed by atoms with E-state index in [2.05, 4.69) is 48.2 Å². The largest absolute Gasteiger partial charge is 0.493 e. The van der Waals surface area contributed by atoms with E-state index in [1.165, 1.54) is 5.56 Å². The van der Waals surface area contributed by atoms with Gasteiger partial charge in [0.1, 0.15) is 21.8 Å². The maximum Gasteiger partial charge on any atom is 0.224 e. The van der Waals surface area contributed by atoms with Crippen LogP contribution in [-0.2, 0) is 6.54 Å². The summed E-state index contributed by atoms with van der Waals surface area (Å²) in [5.74, 6) is 2.47. The van der Waals surface area contributed by atoms with Gasteiger partial charge in [0.05, 0.1) is 13.2 Å². The minimum Gasteiger partial charge on any atom is -0.493 e. The molecule has 2 heterocycles. The molecule has 1 aromatic heterocycles. The van der Waals surface area contributed by atoms with Gasteiger partial charge in [0.15, 0.2) is 0 Å². The summed E-state index contributed by atoms with van der Waals surface area (Å²) in [6, 6.07) is 6.53. The van der Waals surface area contributed by atoms with Gasteiger partial charge in [0.2, 0.25) is 5.28 Å². The molecule has 6 nitrogen and oxygen atoms in total. The number of aryl methyl sites for hydroxylation is 1. The predicted molar refractivity (Wildman–Crippen MR) is 120 cm³/mol. The van der Waals surface area contributed by atoms with E-state index in [1.54, 1.807) is 0 Å². The number of rotatable bonds is 8. The molecular formula is C21H28BrClN4O2. The summed E-state index contributed by atoms with van der Waals surface area (Å²) >= 11 is 9.57. The third-order valence-electron chi connectivity index (χ3n) is 4.84. The van der Waals surface area contributed by atoms with Crippen LogP contribution in [-0.4, -0.2) is 47.2 Å². The van der Waals surface area contributed by atoms with Crippen molar-refractivity contribution >= 4 is 33.3 Å². The second-order valence-electron chi connectivity index (χ2n) is 7.13. The van der Waals surface area contributed by atoms with Gasteiger partial charge in [0, 0.05) is 37.4 Å². The van der Waals surface area contributed by atoms with E-state index in [0.717, 1.165) is 60.0 Å². The van der Waals surface area contributed by atoms with Gasteiger partial charge in [-0.1, -0.05) is 0 Å². The van der Waals surface area contributed by atoms with Crippen molar-refractivity contribution in [2.75, 3.05) is 31.6 Å². The molecular weight excluding hydrogens is 456 g/mol. The number of hydrogen-bond acceptors (Lipinski definition) is 6. The van der Waals surface area contributed by atoms with Crippen molar-refractivity contribution in [3.05, 3.63) is 39.2 Å². The van der Waals surface area contributed by atoms with Crippen LogP contribution < -0.4 is 14.8 Å². The van der Waals surface area contributed by atoms with Crippen molar-refractivity contribution < 1.29 is 9.47 Å². The Kier molecular flexibility index (Phi) is 7.98. The molecule has 0 unspecified atom stereocenters. The molecule has 1 aliphatic rings. The molecule has 0 radical (unpaired) electrons. The SMILES string of the molecule is CCOc1cc(CN2CCC(Nc3cc(C)nc(Cl)n3)CC2)cc(OCC)c1Br. The van der Waals surface area contributed by atoms with Gasteiger partial charge in [-0.25, -0.2) is 9.97 Å². The maximum atomic E-state index is 5.97. The molecule has 1 aliphatic heterocycles. The van der Waals surface area contributed by atoms with Gasteiger partial charge in [-0.3, -0.25) is 4.90 Å². The van der Waals surface area contributed by atoms with Gasteiger partial charge in [0.25, 0.3) is 0 Å². The number of anilines is 1. The minimum absolute atomic E-state index is 0.287. The van der Waals surface area contributed by atoms with Crippen LogP contribution >= 0.6 is 27.5 Å². The average Bonchev–Trinajstić information content (AvgIpc) is 2.66. The first-order valence-corrected chi connectivity index (χ1v) is 11.2. The molecule has 3 rings (SSSR count). The lowest BCUT2D eigenvalue weighted by Gasteiger charge is -2.32. The first kappa shape index (κ1) is 22.1. The Morgan fingerprint density at radius 1 is 1.10 bits per heavy atom. The molecule has 29 heavy (non-hydrogen) atoms. The van der Waals surface area contributed by atoms with Gasteiger partial charge in [-0.05, 0) is 78.8 Å². The van der Waals surface area contributed by atoms with Crippen molar-refractivity contribution in [1.29, 1.82) is 0 Å². The summed E-state index contributed by atoms with van der Waals surface area (Å²) in [7, 11) is 0. The normalized spacial score (nSPS) is 15.3. The van der Waals surface area contributed by atoms with E-state index in [9.17, 15) is 0 Å². The number of likely N-dealkylation sites (tertiary alicyclic amines) is 1. The second kappa shape index (κ2) is 10.5. The zero-order valence-corrected chi connectivity index (χ0v) is 19.5. The lowest BCUT2D eigenvalue weighted by Crippen LogP contribution is -2.38. The Balaban J connectivity index is 1.60. The van der Waals surface area contributed by atoms with Gasteiger partial charge in [-0.2, -0.15) is 0 Å². The smallest absolute Gasteiger partial charge is 0.224 e. The highest BCUT2D eigenvalue weighted by atomic mass is 79.9. The fourth-order valence-electron chi connectivity index (χ4n) is 3.55. The highest BCUT2D eigenvalue weighted by Gasteiger charge is 2.21. The third kappa shape index (κ3) is 6.20. The summed E-state index contributed by atoms with van der Waals surface area (Å²) < 4.78 is 12.4. The van der Waals surface area contributed by atoms with Crippen molar-refractivity contribution in [3.63, 3.8) is 0 Å². The molecule has 2 aromatic rings. The summed E-state index contributed by atoms with van der Waals surface area (Å²) in [6.07, 6.45) is 2.10. The Morgan fingerprint density at radius 3 is 2.28 bits per heavy atom.